The zero-order valence-corrected chi connectivity index (χ0v) is 14.1. The lowest BCUT2D eigenvalue weighted by atomic mass is 10.2. The van der Waals surface area contributed by atoms with Crippen molar-refractivity contribution in [2.75, 3.05) is 10.8 Å². The van der Waals surface area contributed by atoms with Crippen LogP contribution in [-0.2, 0) is 10.0 Å². The SMILES string of the molecule is C=CCN(c1ccccc1Br)S(=O)(=O)c1ccc(C)cc1. The number of aryl methyl sites for hydroxylation is 1. The van der Waals surface area contributed by atoms with Gasteiger partial charge in [-0.05, 0) is 47.1 Å². The molecular formula is C16H16BrNO2S. The van der Waals surface area contributed by atoms with Crippen LogP contribution in [0.5, 0.6) is 0 Å². The fourth-order valence-corrected chi connectivity index (χ4v) is 4.01. The minimum atomic E-state index is -3.62. The zero-order valence-electron chi connectivity index (χ0n) is 11.7. The van der Waals surface area contributed by atoms with Crippen molar-refractivity contribution in [2.24, 2.45) is 0 Å². The summed E-state index contributed by atoms with van der Waals surface area (Å²) < 4.78 is 27.8. The summed E-state index contributed by atoms with van der Waals surface area (Å²) >= 11 is 3.40. The summed E-state index contributed by atoms with van der Waals surface area (Å²) in [5, 5.41) is 0. The zero-order chi connectivity index (χ0) is 15.5. The van der Waals surface area contributed by atoms with E-state index in [1.165, 1.54) is 4.31 Å². The number of sulfonamides is 1. The molecule has 5 heteroatoms. The molecule has 0 aliphatic carbocycles. The lowest BCUT2D eigenvalue weighted by molar-refractivity contribution is 0.593. The number of nitrogens with zero attached hydrogens (tertiary/aromatic N) is 1. The van der Waals surface area contributed by atoms with E-state index in [1.54, 1.807) is 42.5 Å². The van der Waals surface area contributed by atoms with Gasteiger partial charge in [0, 0.05) is 4.47 Å². The molecule has 0 heterocycles. The van der Waals surface area contributed by atoms with Crippen molar-refractivity contribution in [3.05, 3.63) is 71.2 Å². The highest BCUT2D eigenvalue weighted by Crippen LogP contribution is 2.30. The van der Waals surface area contributed by atoms with Crippen LogP contribution in [0.1, 0.15) is 5.56 Å². The van der Waals surface area contributed by atoms with Crippen molar-refractivity contribution in [1.82, 2.24) is 0 Å². The van der Waals surface area contributed by atoms with Crippen molar-refractivity contribution in [1.29, 1.82) is 0 Å². The van der Waals surface area contributed by atoms with E-state index in [0.29, 0.717) is 5.69 Å². The first-order chi connectivity index (χ1) is 9.96. The predicted octanol–water partition coefficient (Wildman–Crippen LogP) is 4.14. The van der Waals surface area contributed by atoms with Crippen LogP contribution in [0.3, 0.4) is 0 Å². The number of hydrogen-bond acceptors (Lipinski definition) is 2. The molecule has 2 aromatic carbocycles. The maximum absolute atomic E-state index is 12.8. The first-order valence-corrected chi connectivity index (χ1v) is 8.65. The van der Waals surface area contributed by atoms with E-state index in [4.69, 9.17) is 0 Å². The van der Waals surface area contributed by atoms with Crippen molar-refractivity contribution in [2.45, 2.75) is 11.8 Å². The summed E-state index contributed by atoms with van der Waals surface area (Å²) in [6, 6.07) is 14.1. The lowest BCUT2D eigenvalue weighted by Crippen LogP contribution is -2.31. The Morgan fingerprint density at radius 2 is 1.76 bits per heavy atom. The smallest absolute Gasteiger partial charge is 0.261 e. The quantitative estimate of drug-likeness (QED) is 0.746. The molecule has 0 saturated carbocycles. The summed E-state index contributed by atoms with van der Waals surface area (Å²) in [6.45, 7) is 5.79. The Hall–Kier alpha value is -1.59. The molecule has 0 aliphatic rings. The second kappa shape index (κ2) is 6.45. The van der Waals surface area contributed by atoms with Crippen LogP contribution < -0.4 is 4.31 Å². The van der Waals surface area contributed by atoms with Gasteiger partial charge in [0.2, 0.25) is 0 Å². The third-order valence-electron chi connectivity index (χ3n) is 3.03. The Labute approximate surface area is 134 Å². The van der Waals surface area contributed by atoms with Crippen LogP contribution in [0.4, 0.5) is 5.69 Å². The molecule has 0 aliphatic heterocycles. The molecule has 0 unspecified atom stereocenters. The molecule has 21 heavy (non-hydrogen) atoms. The lowest BCUT2D eigenvalue weighted by Gasteiger charge is -2.24. The van der Waals surface area contributed by atoms with Gasteiger partial charge in [0.1, 0.15) is 0 Å². The van der Waals surface area contributed by atoms with Gasteiger partial charge in [-0.1, -0.05) is 35.9 Å². The highest BCUT2D eigenvalue weighted by molar-refractivity contribution is 9.10. The molecule has 3 nitrogen and oxygen atoms in total. The molecular weight excluding hydrogens is 350 g/mol. The van der Waals surface area contributed by atoms with Gasteiger partial charge in [-0.15, -0.1) is 6.58 Å². The molecule has 0 radical (unpaired) electrons. The van der Waals surface area contributed by atoms with Crippen LogP contribution >= 0.6 is 15.9 Å². The number of para-hydroxylation sites is 1. The Kier molecular flexibility index (Phi) is 4.85. The highest BCUT2D eigenvalue weighted by atomic mass is 79.9. The van der Waals surface area contributed by atoms with Gasteiger partial charge >= 0.3 is 0 Å². The molecule has 0 spiro atoms. The van der Waals surface area contributed by atoms with Crippen molar-refractivity contribution >= 4 is 31.6 Å². The fraction of sp³-hybridized carbons (Fsp3) is 0.125. The number of rotatable bonds is 5. The van der Waals surface area contributed by atoms with Crippen molar-refractivity contribution in [3.63, 3.8) is 0 Å². The predicted molar refractivity (Wildman–Crippen MR) is 90.0 cm³/mol. The van der Waals surface area contributed by atoms with E-state index in [0.717, 1.165) is 10.0 Å². The molecule has 2 rings (SSSR count). The van der Waals surface area contributed by atoms with Gasteiger partial charge < -0.3 is 0 Å². The van der Waals surface area contributed by atoms with E-state index >= 15 is 0 Å². The molecule has 0 bridgehead atoms. The van der Waals surface area contributed by atoms with E-state index < -0.39 is 10.0 Å². The number of benzene rings is 2. The molecule has 2 aromatic rings. The summed E-state index contributed by atoms with van der Waals surface area (Å²) in [4.78, 5) is 0.269. The Bertz CT molecular complexity index is 739. The summed E-state index contributed by atoms with van der Waals surface area (Å²) in [5.74, 6) is 0. The van der Waals surface area contributed by atoms with Gasteiger partial charge in [0.15, 0.2) is 0 Å². The normalized spacial score (nSPS) is 11.1. The van der Waals surface area contributed by atoms with Crippen LogP contribution in [0.25, 0.3) is 0 Å². The Morgan fingerprint density at radius 3 is 2.33 bits per heavy atom. The van der Waals surface area contributed by atoms with Gasteiger partial charge in [0.05, 0.1) is 17.1 Å². The first-order valence-electron chi connectivity index (χ1n) is 6.41. The van der Waals surface area contributed by atoms with E-state index in [1.807, 2.05) is 19.1 Å². The monoisotopic (exact) mass is 365 g/mol. The summed E-state index contributed by atoms with van der Waals surface area (Å²) in [6.07, 6.45) is 1.57. The van der Waals surface area contributed by atoms with Gasteiger partial charge in [-0.25, -0.2) is 8.42 Å². The average molecular weight is 366 g/mol. The molecule has 0 aromatic heterocycles. The minimum Gasteiger partial charge on any atom is -0.261 e. The number of anilines is 1. The van der Waals surface area contributed by atoms with Crippen LogP contribution in [0, 0.1) is 6.92 Å². The van der Waals surface area contributed by atoms with Crippen molar-refractivity contribution < 1.29 is 8.42 Å². The highest BCUT2D eigenvalue weighted by Gasteiger charge is 2.25. The topological polar surface area (TPSA) is 37.4 Å². The maximum Gasteiger partial charge on any atom is 0.264 e. The summed E-state index contributed by atoms with van der Waals surface area (Å²) in [5.41, 5.74) is 1.61. The van der Waals surface area contributed by atoms with Gasteiger partial charge in [-0.2, -0.15) is 0 Å². The molecule has 0 atom stereocenters. The van der Waals surface area contributed by atoms with Crippen LogP contribution in [0.15, 0.2) is 70.6 Å². The van der Waals surface area contributed by atoms with Gasteiger partial charge in [-0.3, -0.25) is 4.31 Å². The Balaban J connectivity index is 2.54. The largest absolute Gasteiger partial charge is 0.264 e. The van der Waals surface area contributed by atoms with Crippen LogP contribution in [-0.4, -0.2) is 15.0 Å². The molecule has 0 amide bonds. The van der Waals surface area contributed by atoms with Crippen LogP contribution in [0.2, 0.25) is 0 Å². The minimum absolute atomic E-state index is 0.207. The molecule has 0 N–H and O–H groups in total. The van der Waals surface area contributed by atoms with E-state index in [2.05, 4.69) is 22.5 Å². The van der Waals surface area contributed by atoms with E-state index in [9.17, 15) is 8.42 Å². The summed E-state index contributed by atoms with van der Waals surface area (Å²) in [7, 11) is -3.62. The Morgan fingerprint density at radius 1 is 1.14 bits per heavy atom. The van der Waals surface area contributed by atoms with Crippen molar-refractivity contribution in [3.8, 4) is 0 Å². The molecule has 110 valence electrons. The van der Waals surface area contributed by atoms with Gasteiger partial charge in [0.25, 0.3) is 10.0 Å². The number of halogens is 1. The molecule has 0 fully saturated rings. The fourth-order valence-electron chi connectivity index (χ4n) is 1.93. The molecule has 0 saturated heterocycles. The maximum atomic E-state index is 12.8. The average Bonchev–Trinajstić information content (AvgIpc) is 2.46. The number of hydrogen-bond donors (Lipinski definition) is 0. The second-order valence-corrected chi connectivity index (χ2v) is 7.31. The second-order valence-electron chi connectivity index (χ2n) is 4.59. The standard InChI is InChI=1S/C16H16BrNO2S/c1-3-12-18(16-7-5-4-6-15(16)17)21(19,20)14-10-8-13(2)9-11-14/h3-11H,1,12H2,2H3. The third-order valence-corrected chi connectivity index (χ3v) is 5.49. The van der Waals surface area contributed by atoms with E-state index in [-0.39, 0.29) is 11.4 Å². The third kappa shape index (κ3) is 3.36. The first kappa shape index (κ1) is 15.8.